The van der Waals surface area contributed by atoms with E-state index in [1.165, 1.54) is 6.92 Å². The summed E-state index contributed by atoms with van der Waals surface area (Å²) in [4.78, 5) is 22.6. The fourth-order valence-corrected chi connectivity index (χ4v) is 2.13. The van der Waals surface area contributed by atoms with Gasteiger partial charge in [-0.1, -0.05) is 20.8 Å². The lowest BCUT2D eigenvalue weighted by atomic mass is 9.65. The summed E-state index contributed by atoms with van der Waals surface area (Å²) in [6.45, 7) is 6.33. The number of aliphatic hydroxyl groups is 1. The molecule has 0 aromatic heterocycles. The van der Waals surface area contributed by atoms with Gasteiger partial charge in [-0.3, -0.25) is 9.59 Å². The van der Waals surface area contributed by atoms with Crippen molar-refractivity contribution in [2.75, 3.05) is 0 Å². The molecule has 2 atom stereocenters. The van der Waals surface area contributed by atoms with Crippen LogP contribution in [0, 0.1) is 10.8 Å². The van der Waals surface area contributed by atoms with Crippen molar-refractivity contribution in [2.45, 2.75) is 53.1 Å². The molecule has 0 saturated carbocycles. The molecule has 0 radical (unpaired) electrons. The summed E-state index contributed by atoms with van der Waals surface area (Å²) in [5, 5.41) is 28.7. The number of hydrogen-bond acceptors (Lipinski definition) is 3. The molecule has 5 nitrogen and oxygen atoms in total. The van der Waals surface area contributed by atoms with Crippen LogP contribution < -0.4 is 0 Å². The Balaban J connectivity index is 5.56. The van der Waals surface area contributed by atoms with E-state index in [4.69, 9.17) is 0 Å². The molecular weight excluding hydrogens is 224 g/mol. The standard InChI is InChI=1S/C12H22O5/c1-5-11(4,9(14)15)8(13)12(6-2,7-3)10(16)17/h8,13H,5-7H2,1-4H3,(H,14,15)(H,16,17). The Bertz CT molecular complexity index is 295. The van der Waals surface area contributed by atoms with Crippen LogP contribution in [0.3, 0.4) is 0 Å². The highest BCUT2D eigenvalue weighted by Crippen LogP contribution is 2.42. The first-order valence-electron chi connectivity index (χ1n) is 5.87. The quantitative estimate of drug-likeness (QED) is 0.636. The van der Waals surface area contributed by atoms with E-state index in [9.17, 15) is 24.9 Å². The lowest BCUT2D eigenvalue weighted by Crippen LogP contribution is -2.53. The Labute approximate surface area is 101 Å². The maximum Gasteiger partial charge on any atom is 0.312 e. The summed E-state index contributed by atoms with van der Waals surface area (Å²) in [5.41, 5.74) is -2.84. The molecule has 5 heteroatoms. The average Bonchev–Trinajstić information content (AvgIpc) is 2.29. The molecular formula is C12H22O5. The molecule has 0 fully saturated rings. The van der Waals surface area contributed by atoms with Gasteiger partial charge in [0, 0.05) is 0 Å². The highest BCUT2D eigenvalue weighted by molar-refractivity contribution is 5.80. The van der Waals surface area contributed by atoms with Crippen molar-refractivity contribution in [3.8, 4) is 0 Å². The molecule has 2 unspecified atom stereocenters. The topological polar surface area (TPSA) is 94.8 Å². The summed E-state index contributed by atoms with van der Waals surface area (Å²) in [7, 11) is 0. The average molecular weight is 246 g/mol. The number of carboxylic acid groups (broad SMARTS) is 2. The van der Waals surface area contributed by atoms with Crippen molar-refractivity contribution in [1.29, 1.82) is 0 Å². The van der Waals surface area contributed by atoms with Gasteiger partial charge in [0.1, 0.15) is 0 Å². The SMILES string of the molecule is CCC(C)(C(=O)O)C(O)C(CC)(CC)C(=O)O. The predicted octanol–water partition coefficient (Wildman–Crippen LogP) is 1.74. The van der Waals surface area contributed by atoms with Crippen LogP contribution in [-0.2, 0) is 9.59 Å². The van der Waals surface area contributed by atoms with Gasteiger partial charge in [0.05, 0.1) is 16.9 Å². The van der Waals surface area contributed by atoms with E-state index in [-0.39, 0.29) is 19.3 Å². The molecule has 0 aliphatic rings. The van der Waals surface area contributed by atoms with E-state index < -0.39 is 28.9 Å². The second kappa shape index (κ2) is 5.49. The zero-order valence-corrected chi connectivity index (χ0v) is 10.9. The Kier molecular flexibility index (Phi) is 5.13. The Morgan fingerprint density at radius 3 is 1.59 bits per heavy atom. The van der Waals surface area contributed by atoms with Gasteiger partial charge in [-0.25, -0.2) is 0 Å². The molecule has 0 aromatic rings. The minimum Gasteiger partial charge on any atom is -0.481 e. The molecule has 0 amide bonds. The van der Waals surface area contributed by atoms with Crippen molar-refractivity contribution in [1.82, 2.24) is 0 Å². The van der Waals surface area contributed by atoms with Crippen LogP contribution in [0.5, 0.6) is 0 Å². The smallest absolute Gasteiger partial charge is 0.312 e. The van der Waals surface area contributed by atoms with Crippen molar-refractivity contribution >= 4 is 11.9 Å². The Hall–Kier alpha value is -1.10. The summed E-state index contributed by atoms with van der Waals surface area (Å²) in [6.07, 6.45) is -0.838. The fourth-order valence-electron chi connectivity index (χ4n) is 2.13. The summed E-state index contributed by atoms with van der Waals surface area (Å²) in [5.74, 6) is -2.31. The van der Waals surface area contributed by atoms with Crippen molar-refractivity contribution in [3.63, 3.8) is 0 Å². The fraction of sp³-hybridized carbons (Fsp3) is 0.833. The number of rotatable bonds is 7. The second-order valence-corrected chi connectivity index (χ2v) is 4.65. The molecule has 0 spiro atoms. The largest absolute Gasteiger partial charge is 0.481 e. The number of aliphatic hydroxyl groups excluding tert-OH is 1. The lowest BCUT2D eigenvalue weighted by molar-refractivity contribution is -0.176. The van der Waals surface area contributed by atoms with Gasteiger partial charge < -0.3 is 15.3 Å². The van der Waals surface area contributed by atoms with Crippen molar-refractivity contribution in [2.24, 2.45) is 10.8 Å². The summed E-state index contributed by atoms with van der Waals surface area (Å²) in [6, 6.07) is 0. The first-order valence-corrected chi connectivity index (χ1v) is 5.87. The van der Waals surface area contributed by atoms with Gasteiger partial charge >= 0.3 is 11.9 Å². The maximum atomic E-state index is 11.4. The predicted molar refractivity (Wildman–Crippen MR) is 62.7 cm³/mol. The molecule has 3 N–H and O–H groups in total. The zero-order chi connectivity index (χ0) is 13.9. The van der Waals surface area contributed by atoms with Gasteiger partial charge in [0.2, 0.25) is 0 Å². The molecule has 100 valence electrons. The van der Waals surface area contributed by atoms with Crippen LogP contribution >= 0.6 is 0 Å². The monoisotopic (exact) mass is 246 g/mol. The molecule has 0 saturated heterocycles. The molecule has 0 aliphatic heterocycles. The lowest BCUT2D eigenvalue weighted by Gasteiger charge is -2.40. The number of carbonyl (C=O) groups is 2. The van der Waals surface area contributed by atoms with Crippen LogP contribution in [-0.4, -0.2) is 33.4 Å². The van der Waals surface area contributed by atoms with E-state index in [0.29, 0.717) is 0 Å². The van der Waals surface area contributed by atoms with E-state index in [1.54, 1.807) is 20.8 Å². The highest BCUT2D eigenvalue weighted by atomic mass is 16.4. The van der Waals surface area contributed by atoms with Crippen LogP contribution in [0.2, 0.25) is 0 Å². The second-order valence-electron chi connectivity index (χ2n) is 4.65. The first-order chi connectivity index (χ1) is 7.72. The van der Waals surface area contributed by atoms with Gasteiger partial charge in [-0.05, 0) is 26.2 Å². The molecule has 0 aromatic carbocycles. The third-order valence-electron chi connectivity index (χ3n) is 4.04. The molecule has 0 aliphatic carbocycles. The molecule has 0 bridgehead atoms. The van der Waals surface area contributed by atoms with Crippen LogP contribution in [0.1, 0.15) is 47.0 Å². The Morgan fingerprint density at radius 2 is 1.41 bits per heavy atom. The van der Waals surface area contributed by atoms with E-state index >= 15 is 0 Å². The first kappa shape index (κ1) is 15.9. The van der Waals surface area contributed by atoms with Gasteiger partial charge in [0.25, 0.3) is 0 Å². The van der Waals surface area contributed by atoms with Crippen LogP contribution in [0.4, 0.5) is 0 Å². The summed E-state index contributed by atoms with van der Waals surface area (Å²) >= 11 is 0. The zero-order valence-electron chi connectivity index (χ0n) is 10.9. The molecule has 0 heterocycles. The van der Waals surface area contributed by atoms with Gasteiger partial charge in [0.15, 0.2) is 0 Å². The van der Waals surface area contributed by atoms with Gasteiger partial charge in [-0.2, -0.15) is 0 Å². The highest BCUT2D eigenvalue weighted by Gasteiger charge is 2.53. The van der Waals surface area contributed by atoms with Gasteiger partial charge in [-0.15, -0.1) is 0 Å². The molecule has 17 heavy (non-hydrogen) atoms. The number of aliphatic carboxylic acids is 2. The van der Waals surface area contributed by atoms with Crippen LogP contribution in [0.15, 0.2) is 0 Å². The van der Waals surface area contributed by atoms with E-state index in [0.717, 1.165) is 0 Å². The van der Waals surface area contributed by atoms with Crippen LogP contribution in [0.25, 0.3) is 0 Å². The number of carboxylic acids is 2. The molecule has 0 rings (SSSR count). The minimum absolute atomic E-state index is 0.179. The third kappa shape index (κ3) is 2.44. The summed E-state index contributed by atoms with van der Waals surface area (Å²) < 4.78 is 0. The van der Waals surface area contributed by atoms with Crippen molar-refractivity contribution in [3.05, 3.63) is 0 Å². The third-order valence-corrected chi connectivity index (χ3v) is 4.04. The van der Waals surface area contributed by atoms with E-state index in [1.807, 2.05) is 0 Å². The van der Waals surface area contributed by atoms with Crippen molar-refractivity contribution < 1.29 is 24.9 Å². The van der Waals surface area contributed by atoms with E-state index in [2.05, 4.69) is 0 Å². The Morgan fingerprint density at radius 1 is 1.00 bits per heavy atom. The minimum atomic E-state index is -1.44. The maximum absolute atomic E-state index is 11.4. The number of hydrogen-bond donors (Lipinski definition) is 3. The normalized spacial score (nSPS) is 17.2.